The first-order chi connectivity index (χ1) is 15.0. The van der Waals surface area contributed by atoms with Crippen LogP contribution in [0.5, 0.6) is 5.75 Å². The number of hydrogen-bond donors (Lipinski definition) is 2. The normalized spacial score (nSPS) is 19.4. The lowest BCUT2D eigenvalue weighted by Crippen LogP contribution is -2.41. The Balaban J connectivity index is 1.46. The number of aliphatic hydroxyl groups excluding tert-OH is 1. The molecular formula is C25H33N3O3. The Morgan fingerprint density at radius 3 is 2.84 bits per heavy atom. The van der Waals surface area contributed by atoms with Crippen LogP contribution < -0.4 is 10.1 Å². The van der Waals surface area contributed by atoms with E-state index in [1.807, 2.05) is 37.4 Å². The summed E-state index contributed by atoms with van der Waals surface area (Å²) in [6.45, 7) is 5.30. The number of fused-ring (bicyclic) bond motifs is 1. The molecule has 6 nitrogen and oxygen atoms in total. The second-order valence-corrected chi connectivity index (χ2v) is 8.69. The number of likely N-dealkylation sites (N-methyl/N-ethyl adjacent to an activating group) is 1. The van der Waals surface area contributed by atoms with E-state index in [9.17, 15) is 9.90 Å². The van der Waals surface area contributed by atoms with E-state index in [1.165, 1.54) is 11.1 Å². The van der Waals surface area contributed by atoms with E-state index in [0.29, 0.717) is 13.1 Å². The number of ether oxygens (including phenoxy) is 1. The molecule has 2 aromatic rings. The van der Waals surface area contributed by atoms with Crippen LogP contribution in [0.25, 0.3) is 0 Å². The number of hydrogen-bond acceptors (Lipinski definition) is 5. The summed E-state index contributed by atoms with van der Waals surface area (Å²) in [5, 5.41) is 13.4. The van der Waals surface area contributed by atoms with Gasteiger partial charge in [-0.15, -0.1) is 0 Å². The quantitative estimate of drug-likeness (QED) is 0.717. The van der Waals surface area contributed by atoms with Gasteiger partial charge in [-0.25, -0.2) is 0 Å². The largest absolute Gasteiger partial charge is 0.483 e. The number of nitrogens with zero attached hydrogens (tertiary/aromatic N) is 2. The second kappa shape index (κ2) is 9.71. The van der Waals surface area contributed by atoms with Crippen LogP contribution in [-0.4, -0.2) is 66.8 Å². The average molecular weight is 424 g/mol. The highest BCUT2D eigenvalue weighted by Gasteiger charge is 2.28. The summed E-state index contributed by atoms with van der Waals surface area (Å²) >= 11 is 0. The molecule has 31 heavy (non-hydrogen) atoms. The summed E-state index contributed by atoms with van der Waals surface area (Å²) in [7, 11) is 1.85. The van der Waals surface area contributed by atoms with Crippen LogP contribution in [0, 0.1) is 6.92 Å². The van der Waals surface area contributed by atoms with Crippen molar-refractivity contribution in [2.24, 2.45) is 0 Å². The van der Waals surface area contributed by atoms with Crippen molar-refractivity contribution < 1.29 is 14.6 Å². The van der Waals surface area contributed by atoms with Crippen LogP contribution in [0.1, 0.15) is 35.6 Å². The molecule has 0 bridgehead atoms. The monoisotopic (exact) mass is 423 g/mol. The molecule has 1 unspecified atom stereocenters. The van der Waals surface area contributed by atoms with E-state index in [1.54, 1.807) is 4.90 Å². The van der Waals surface area contributed by atoms with Gasteiger partial charge in [-0.2, -0.15) is 0 Å². The summed E-state index contributed by atoms with van der Waals surface area (Å²) in [6, 6.07) is 14.0. The molecule has 166 valence electrons. The molecule has 2 N–H and O–H groups in total. The highest BCUT2D eigenvalue weighted by Crippen LogP contribution is 2.33. The Kier molecular flexibility index (Phi) is 6.78. The lowest BCUT2D eigenvalue weighted by molar-refractivity contribution is -0.134. The minimum atomic E-state index is -0.276. The maximum Gasteiger partial charge on any atom is 0.260 e. The summed E-state index contributed by atoms with van der Waals surface area (Å²) in [6.07, 6.45) is 2.54. The zero-order valence-corrected chi connectivity index (χ0v) is 18.5. The minimum absolute atomic E-state index is 0.0119. The molecule has 2 aliphatic rings. The molecule has 1 saturated heterocycles. The summed E-state index contributed by atoms with van der Waals surface area (Å²) in [5.74, 6) is 0.750. The van der Waals surface area contributed by atoms with Crippen LogP contribution in [0.2, 0.25) is 0 Å². The number of anilines is 1. The molecule has 4 rings (SSSR count). The van der Waals surface area contributed by atoms with E-state index in [-0.39, 0.29) is 24.7 Å². The predicted octanol–water partition coefficient (Wildman–Crippen LogP) is 3.00. The number of aliphatic hydroxyl groups is 1. The van der Waals surface area contributed by atoms with Crippen molar-refractivity contribution in [3.8, 4) is 5.75 Å². The Morgan fingerprint density at radius 1 is 1.29 bits per heavy atom. The fourth-order valence-electron chi connectivity index (χ4n) is 4.62. The summed E-state index contributed by atoms with van der Waals surface area (Å²) < 4.78 is 6.03. The smallest absolute Gasteiger partial charge is 0.260 e. The molecule has 2 heterocycles. The highest BCUT2D eigenvalue weighted by molar-refractivity contribution is 5.78. The first-order valence-electron chi connectivity index (χ1n) is 11.2. The zero-order valence-electron chi connectivity index (χ0n) is 18.5. The molecule has 2 aliphatic heterocycles. The van der Waals surface area contributed by atoms with E-state index in [4.69, 9.17) is 4.74 Å². The summed E-state index contributed by atoms with van der Waals surface area (Å²) in [5.41, 5.74) is 4.63. The van der Waals surface area contributed by atoms with Crippen molar-refractivity contribution in [2.75, 3.05) is 45.2 Å². The molecular weight excluding hydrogens is 390 g/mol. The molecule has 1 amide bonds. The predicted molar refractivity (Wildman–Crippen MR) is 123 cm³/mol. The van der Waals surface area contributed by atoms with Gasteiger partial charge in [0.15, 0.2) is 6.61 Å². The molecule has 2 atom stereocenters. The zero-order chi connectivity index (χ0) is 21.8. The molecule has 2 aromatic carbocycles. The number of carbonyl (C=O) groups is 1. The van der Waals surface area contributed by atoms with Crippen molar-refractivity contribution in [2.45, 2.75) is 38.3 Å². The van der Waals surface area contributed by atoms with E-state index < -0.39 is 0 Å². The maximum atomic E-state index is 13.1. The first-order valence-corrected chi connectivity index (χ1v) is 11.2. The Hall–Kier alpha value is -2.57. The third-order valence-corrected chi connectivity index (χ3v) is 6.46. The van der Waals surface area contributed by atoms with Crippen LogP contribution in [-0.2, 0) is 11.2 Å². The van der Waals surface area contributed by atoms with Crippen LogP contribution >= 0.6 is 0 Å². The lowest BCUT2D eigenvalue weighted by atomic mass is 9.99. The van der Waals surface area contributed by atoms with Gasteiger partial charge in [0.2, 0.25) is 0 Å². The number of rotatable bonds is 7. The molecule has 0 spiro atoms. The third kappa shape index (κ3) is 5.02. The van der Waals surface area contributed by atoms with E-state index in [0.717, 1.165) is 49.4 Å². The van der Waals surface area contributed by atoms with Gasteiger partial charge in [-0.05, 0) is 43.4 Å². The Morgan fingerprint density at radius 2 is 2.10 bits per heavy atom. The van der Waals surface area contributed by atoms with Crippen molar-refractivity contribution in [1.82, 2.24) is 9.80 Å². The number of amides is 1. The van der Waals surface area contributed by atoms with Gasteiger partial charge in [0, 0.05) is 44.5 Å². The van der Waals surface area contributed by atoms with Gasteiger partial charge in [0.05, 0.1) is 12.1 Å². The van der Waals surface area contributed by atoms with Crippen molar-refractivity contribution in [3.63, 3.8) is 0 Å². The van der Waals surface area contributed by atoms with Gasteiger partial charge in [0.25, 0.3) is 5.91 Å². The number of nitrogens with one attached hydrogen (secondary N) is 1. The van der Waals surface area contributed by atoms with Crippen molar-refractivity contribution >= 4 is 11.6 Å². The van der Waals surface area contributed by atoms with Gasteiger partial charge < -0.3 is 20.1 Å². The van der Waals surface area contributed by atoms with Crippen LogP contribution in [0.15, 0.2) is 42.5 Å². The number of β-amino-alcohol motifs (C(OH)–C–C–N with tert-alkyl or cyclic N) is 1. The van der Waals surface area contributed by atoms with Crippen molar-refractivity contribution in [3.05, 3.63) is 59.2 Å². The fourth-order valence-corrected chi connectivity index (χ4v) is 4.62. The summed E-state index contributed by atoms with van der Waals surface area (Å²) in [4.78, 5) is 17.1. The van der Waals surface area contributed by atoms with Gasteiger partial charge in [-0.3, -0.25) is 9.69 Å². The van der Waals surface area contributed by atoms with Gasteiger partial charge in [0.1, 0.15) is 5.75 Å². The molecule has 0 radical (unpaired) electrons. The molecule has 6 heteroatoms. The first kappa shape index (κ1) is 21.7. The van der Waals surface area contributed by atoms with Gasteiger partial charge >= 0.3 is 0 Å². The van der Waals surface area contributed by atoms with Gasteiger partial charge in [-0.1, -0.05) is 36.4 Å². The molecule has 0 aliphatic carbocycles. The number of aryl methyl sites for hydroxylation is 1. The molecule has 1 fully saturated rings. The minimum Gasteiger partial charge on any atom is -0.483 e. The van der Waals surface area contributed by atoms with E-state index >= 15 is 0 Å². The Bertz CT molecular complexity index is 902. The lowest BCUT2D eigenvalue weighted by Gasteiger charge is -2.32. The van der Waals surface area contributed by atoms with Crippen LogP contribution in [0.3, 0.4) is 0 Å². The maximum absolute atomic E-state index is 13.1. The number of carbonyl (C=O) groups excluding carboxylic acids is 1. The van der Waals surface area contributed by atoms with Crippen LogP contribution in [0.4, 0.5) is 5.69 Å². The average Bonchev–Trinajstić information content (AvgIpc) is 3.22. The second-order valence-electron chi connectivity index (χ2n) is 8.69. The SMILES string of the molecule is Cc1ccc(OCC(=O)N(C)C(CN2CC[C@H](O)C2)c2ccccc2)c2c1NCCC2. The molecule has 0 aromatic heterocycles. The molecule has 0 saturated carbocycles. The highest BCUT2D eigenvalue weighted by atomic mass is 16.5. The Labute approximate surface area is 184 Å². The van der Waals surface area contributed by atoms with Crippen molar-refractivity contribution in [1.29, 1.82) is 0 Å². The standard InChI is InChI=1S/C25H33N3O3/c1-18-10-11-23(21-9-6-13-26-25(18)21)31-17-24(30)27(2)22(19-7-4-3-5-8-19)16-28-14-12-20(29)15-28/h3-5,7-8,10-11,20,22,26,29H,6,9,12-17H2,1-2H3/t20-,22?/m0/s1. The fraction of sp³-hybridized carbons (Fsp3) is 0.480. The third-order valence-electron chi connectivity index (χ3n) is 6.46. The number of likely N-dealkylation sites (tertiary alicyclic amines) is 1. The van der Waals surface area contributed by atoms with E-state index in [2.05, 4.69) is 29.3 Å². The topological polar surface area (TPSA) is 65.0 Å². The number of benzene rings is 2.